The molecule has 0 atom stereocenters. The molecular weight excluding hydrogens is 223 g/mol. The summed E-state index contributed by atoms with van der Waals surface area (Å²) in [5.41, 5.74) is 0.799. The van der Waals surface area contributed by atoms with Gasteiger partial charge in [0.15, 0.2) is 17.3 Å². The molecule has 17 heavy (non-hydrogen) atoms. The molecule has 0 heterocycles. The summed E-state index contributed by atoms with van der Waals surface area (Å²) in [6.45, 7) is 3.84. The van der Waals surface area contributed by atoms with Gasteiger partial charge in [-0.3, -0.25) is 0 Å². The van der Waals surface area contributed by atoms with E-state index in [-0.39, 0.29) is 18.5 Å². The van der Waals surface area contributed by atoms with Crippen LogP contribution in [0.15, 0.2) is 12.1 Å². The van der Waals surface area contributed by atoms with Crippen molar-refractivity contribution in [2.24, 2.45) is 0 Å². The maximum absolute atomic E-state index is 13.7. The number of aliphatic hydroxyl groups excluding tert-OH is 1. The van der Waals surface area contributed by atoms with E-state index in [9.17, 15) is 4.39 Å². The third-order valence-corrected chi connectivity index (χ3v) is 2.26. The lowest BCUT2D eigenvalue weighted by atomic mass is 10.1. The lowest BCUT2D eigenvalue weighted by Gasteiger charge is -2.15. The molecule has 4 heteroatoms. The lowest BCUT2D eigenvalue weighted by Crippen LogP contribution is -2.08. The van der Waals surface area contributed by atoms with Crippen LogP contribution in [0.1, 0.15) is 25.8 Å². The number of aliphatic hydroxyl groups is 1. The monoisotopic (exact) mass is 242 g/mol. The minimum absolute atomic E-state index is 0.0450. The van der Waals surface area contributed by atoms with Crippen LogP contribution in [0.3, 0.4) is 0 Å². The van der Waals surface area contributed by atoms with Crippen LogP contribution in [0.25, 0.3) is 0 Å². The molecule has 1 aromatic carbocycles. The van der Waals surface area contributed by atoms with Gasteiger partial charge in [0.25, 0.3) is 0 Å². The Morgan fingerprint density at radius 1 is 1.35 bits per heavy atom. The number of methoxy groups -OCH3 is 1. The van der Waals surface area contributed by atoms with E-state index in [4.69, 9.17) is 14.6 Å². The average Bonchev–Trinajstić information content (AvgIpc) is 2.25. The van der Waals surface area contributed by atoms with Gasteiger partial charge in [-0.2, -0.15) is 0 Å². The first-order valence-electron chi connectivity index (χ1n) is 5.72. The van der Waals surface area contributed by atoms with E-state index in [1.165, 1.54) is 13.2 Å². The van der Waals surface area contributed by atoms with E-state index in [0.717, 1.165) is 5.56 Å². The van der Waals surface area contributed by atoms with Gasteiger partial charge >= 0.3 is 0 Å². The van der Waals surface area contributed by atoms with Gasteiger partial charge in [-0.25, -0.2) is 4.39 Å². The fraction of sp³-hybridized carbons (Fsp3) is 0.538. The van der Waals surface area contributed by atoms with Crippen molar-refractivity contribution in [1.82, 2.24) is 0 Å². The summed E-state index contributed by atoms with van der Waals surface area (Å²) in [6, 6.07) is 3.18. The van der Waals surface area contributed by atoms with Crippen molar-refractivity contribution in [3.63, 3.8) is 0 Å². The van der Waals surface area contributed by atoms with Gasteiger partial charge in [0.05, 0.1) is 13.2 Å². The second-order valence-corrected chi connectivity index (χ2v) is 4.10. The summed E-state index contributed by atoms with van der Waals surface area (Å²) >= 11 is 0. The van der Waals surface area contributed by atoms with E-state index in [1.807, 2.05) is 13.8 Å². The van der Waals surface area contributed by atoms with Crippen LogP contribution < -0.4 is 9.47 Å². The Labute approximate surface area is 101 Å². The van der Waals surface area contributed by atoms with Crippen LogP contribution in [0.4, 0.5) is 4.39 Å². The molecule has 1 rings (SSSR count). The molecular formula is C13H19FO3. The maximum Gasteiger partial charge on any atom is 0.196 e. The SMILES string of the molecule is COc1c(F)cc(CCCO)cc1OC(C)C. The number of benzene rings is 1. The van der Waals surface area contributed by atoms with Crippen molar-refractivity contribution >= 4 is 0 Å². The molecule has 96 valence electrons. The highest BCUT2D eigenvalue weighted by atomic mass is 19.1. The first-order chi connectivity index (χ1) is 8.08. The van der Waals surface area contributed by atoms with E-state index in [0.29, 0.717) is 18.6 Å². The predicted octanol–water partition coefficient (Wildman–Crippen LogP) is 2.55. The molecule has 0 bridgehead atoms. The van der Waals surface area contributed by atoms with Crippen LogP contribution in [-0.2, 0) is 6.42 Å². The van der Waals surface area contributed by atoms with Gasteiger partial charge in [0.1, 0.15) is 0 Å². The van der Waals surface area contributed by atoms with Crippen molar-refractivity contribution in [3.05, 3.63) is 23.5 Å². The third kappa shape index (κ3) is 3.89. The van der Waals surface area contributed by atoms with E-state index in [2.05, 4.69) is 0 Å². The summed E-state index contributed by atoms with van der Waals surface area (Å²) in [5.74, 6) is 0.112. The molecule has 0 radical (unpaired) electrons. The summed E-state index contributed by atoms with van der Waals surface area (Å²) in [4.78, 5) is 0. The first-order valence-corrected chi connectivity index (χ1v) is 5.72. The highest BCUT2D eigenvalue weighted by Crippen LogP contribution is 2.32. The van der Waals surface area contributed by atoms with Gasteiger partial charge in [-0.05, 0) is 44.4 Å². The maximum atomic E-state index is 13.7. The largest absolute Gasteiger partial charge is 0.490 e. The topological polar surface area (TPSA) is 38.7 Å². The van der Waals surface area contributed by atoms with Crippen molar-refractivity contribution in [1.29, 1.82) is 0 Å². The fourth-order valence-corrected chi connectivity index (χ4v) is 1.59. The molecule has 0 unspecified atom stereocenters. The highest BCUT2D eigenvalue weighted by molar-refractivity contribution is 5.44. The third-order valence-electron chi connectivity index (χ3n) is 2.26. The molecule has 0 spiro atoms. The van der Waals surface area contributed by atoms with Gasteiger partial charge in [0.2, 0.25) is 0 Å². The lowest BCUT2D eigenvalue weighted by molar-refractivity contribution is 0.226. The van der Waals surface area contributed by atoms with Crippen LogP contribution in [-0.4, -0.2) is 24.9 Å². The molecule has 1 aromatic rings. The van der Waals surface area contributed by atoms with Crippen molar-refractivity contribution in [2.45, 2.75) is 32.8 Å². The van der Waals surface area contributed by atoms with Crippen LogP contribution in [0.5, 0.6) is 11.5 Å². The van der Waals surface area contributed by atoms with Gasteiger partial charge < -0.3 is 14.6 Å². The normalized spacial score (nSPS) is 10.7. The number of aryl methyl sites for hydroxylation is 1. The van der Waals surface area contributed by atoms with Gasteiger partial charge in [-0.1, -0.05) is 0 Å². The van der Waals surface area contributed by atoms with Gasteiger partial charge in [0, 0.05) is 6.61 Å². The Morgan fingerprint density at radius 3 is 2.59 bits per heavy atom. The minimum Gasteiger partial charge on any atom is -0.490 e. The first kappa shape index (κ1) is 13.8. The Kier molecular flexibility index (Phi) is 5.22. The molecule has 0 aliphatic carbocycles. The standard InChI is InChI=1S/C13H19FO3/c1-9(2)17-12-8-10(5-4-6-15)7-11(14)13(12)16-3/h7-9,15H,4-6H2,1-3H3. The smallest absolute Gasteiger partial charge is 0.196 e. The molecule has 3 nitrogen and oxygen atoms in total. The van der Waals surface area contributed by atoms with Crippen molar-refractivity contribution in [2.75, 3.05) is 13.7 Å². The molecule has 0 aliphatic heterocycles. The molecule has 1 N–H and O–H groups in total. The van der Waals surface area contributed by atoms with Crippen LogP contribution >= 0.6 is 0 Å². The summed E-state index contributed by atoms with van der Waals surface area (Å²) < 4.78 is 24.2. The number of rotatable bonds is 6. The summed E-state index contributed by atoms with van der Waals surface area (Å²) in [7, 11) is 1.42. The molecule has 0 fully saturated rings. The highest BCUT2D eigenvalue weighted by Gasteiger charge is 2.13. The molecule has 0 saturated carbocycles. The Balaban J connectivity index is 3.00. The second kappa shape index (κ2) is 6.45. The second-order valence-electron chi connectivity index (χ2n) is 4.10. The predicted molar refractivity (Wildman–Crippen MR) is 64.1 cm³/mol. The number of halogens is 1. The quantitative estimate of drug-likeness (QED) is 0.833. The fourth-order valence-electron chi connectivity index (χ4n) is 1.59. The van der Waals surface area contributed by atoms with Crippen LogP contribution in [0.2, 0.25) is 0 Å². The van der Waals surface area contributed by atoms with E-state index < -0.39 is 5.82 Å². The Bertz CT molecular complexity index is 364. The molecule has 0 amide bonds. The Hall–Kier alpha value is -1.29. The van der Waals surface area contributed by atoms with E-state index >= 15 is 0 Å². The minimum atomic E-state index is -0.432. The van der Waals surface area contributed by atoms with Crippen molar-refractivity contribution in [3.8, 4) is 11.5 Å². The Morgan fingerprint density at radius 2 is 2.06 bits per heavy atom. The average molecular weight is 242 g/mol. The van der Waals surface area contributed by atoms with E-state index in [1.54, 1.807) is 6.07 Å². The zero-order chi connectivity index (χ0) is 12.8. The van der Waals surface area contributed by atoms with Crippen molar-refractivity contribution < 1.29 is 19.0 Å². The zero-order valence-electron chi connectivity index (χ0n) is 10.5. The summed E-state index contributed by atoms with van der Waals surface area (Å²) in [6.07, 6.45) is 1.18. The number of hydrogen-bond acceptors (Lipinski definition) is 3. The zero-order valence-corrected chi connectivity index (χ0v) is 10.5. The molecule has 0 aromatic heterocycles. The summed E-state index contributed by atoms with van der Waals surface area (Å²) in [5, 5.41) is 8.76. The molecule has 0 saturated heterocycles. The number of ether oxygens (including phenoxy) is 2. The van der Waals surface area contributed by atoms with Gasteiger partial charge in [-0.15, -0.1) is 0 Å². The van der Waals surface area contributed by atoms with Crippen LogP contribution in [0, 0.1) is 5.82 Å². The molecule has 0 aliphatic rings. The number of hydrogen-bond donors (Lipinski definition) is 1.